The van der Waals surface area contributed by atoms with Crippen LogP contribution in [-0.2, 0) is 16.1 Å². The Morgan fingerprint density at radius 1 is 1.04 bits per heavy atom. The smallest absolute Gasteiger partial charge is 0.407 e. The van der Waals surface area contributed by atoms with E-state index in [-0.39, 0.29) is 13.0 Å². The molecule has 0 saturated carbocycles. The number of hydrogen-bond donors (Lipinski definition) is 2. The van der Waals surface area contributed by atoms with Crippen LogP contribution in [0.3, 0.4) is 0 Å². The molecular weight excluding hydrogens is 344 g/mol. The lowest BCUT2D eigenvalue weighted by Crippen LogP contribution is -2.30. The zero-order valence-corrected chi connectivity index (χ0v) is 15.7. The van der Waals surface area contributed by atoms with Crippen molar-refractivity contribution in [3.05, 3.63) is 65.7 Å². The number of nitrogens with zero attached hydrogens (tertiary/aromatic N) is 1. The molecule has 0 fully saturated rings. The second-order valence-corrected chi connectivity index (χ2v) is 6.12. The summed E-state index contributed by atoms with van der Waals surface area (Å²) in [7, 11) is 0. The Hall–Kier alpha value is -3.02. The van der Waals surface area contributed by atoms with Crippen LogP contribution in [0.1, 0.15) is 37.4 Å². The van der Waals surface area contributed by atoms with E-state index in [0.717, 1.165) is 29.9 Å². The van der Waals surface area contributed by atoms with Gasteiger partial charge in [0.25, 0.3) is 0 Å². The van der Waals surface area contributed by atoms with E-state index >= 15 is 0 Å². The van der Waals surface area contributed by atoms with Gasteiger partial charge in [0.05, 0.1) is 12.5 Å². The highest BCUT2D eigenvalue weighted by atomic mass is 16.5. The zero-order valence-electron chi connectivity index (χ0n) is 15.7. The summed E-state index contributed by atoms with van der Waals surface area (Å²) >= 11 is 0. The summed E-state index contributed by atoms with van der Waals surface area (Å²) in [6, 6.07) is 16.2. The van der Waals surface area contributed by atoms with Crippen molar-refractivity contribution in [1.29, 1.82) is 0 Å². The molecule has 0 saturated heterocycles. The third-order valence-corrected chi connectivity index (χ3v) is 4.31. The van der Waals surface area contributed by atoms with Gasteiger partial charge in [0.15, 0.2) is 0 Å². The van der Waals surface area contributed by atoms with Crippen LogP contribution in [0.25, 0.3) is 0 Å². The van der Waals surface area contributed by atoms with Gasteiger partial charge >= 0.3 is 12.1 Å². The van der Waals surface area contributed by atoms with Crippen molar-refractivity contribution in [3.8, 4) is 0 Å². The number of hydrogen-bond acceptors (Lipinski definition) is 4. The molecule has 144 valence electrons. The fourth-order valence-electron chi connectivity index (χ4n) is 2.84. The number of ether oxygens (including phenoxy) is 1. The molecule has 1 atom stereocenters. The number of alkyl carbamates (subject to hydrolysis) is 1. The van der Waals surface area contributed by atoms with E-state index in [4.69, 9.17) is 4.74 Å². The number of rotatable bonds is 9. The molecule has 0 spiro atoms. The van der Waals surface area contributed by atoms with Gasteiger partial charge < -0.3 is 20.1 Å². The van der Waals surface area contributed by atoms with Crippen LogP contribution in [0.5, 0.6) is 0 Å². The molecule has 0 bridgehead atoms. The fraction of sp³-hybridized carbons (Fsp3) is 0.333. The van der Waals surface area contributed by atoms with Gasteiger partial charge in [-0.1, -0.05) is 42.5 Å². The van der Waals surface area contributed by atoms with Crippen LogP contribution in [-0.4, -0.2) is 30.3 Å². The van der Waals surface area contributed by atoms with Crippen LogP contribution in [0.15, 0.2) is 54.6 Å². The van der Waals surface area contributed by atoms with Gasteiger partial charge in [0.2, 0.25) is 0 Å². The van der Waals surface area contributed by atoms with Crippen molar-refractivity contribution < 1.29 is 19.4 Å². The number of carbonyl (C=O) groups excluding carboxylic acids is 1. The van der Waals surface area contributed by atoms with Crippen LogP contribution in [0.2, 0.25) is 0 Å². The van der Waals surface area contributed by atoms with E-state index in [1.807, 2.05) is 54.6 Å². The molecule has 0 aliphatic carbocycles. The maximum absolute atomic E-state index is 12.1. The summed E-state index contributed by atoms with van der Waals surface area (Å²) in [6.07, 6.45) is -0.858. The predicted octanol–water partition coefficient (Wildman–Crippen LogP) is 3.98. The molecule has 6 heteroatoms. The van der Waals surface area contributed by atoms with E-state index in [9.17, 15) is 14.7 Å². The molecule has 0 aliphatic heterocycles. The van der Waals surface area contributed by atoms with E-state index in [2.05, 4.69) is 24.1 Å². The Morgan fingerprint density at radius 2 is 1.67 bits per heavy atom. The normalized spacial score (nSPS) is 11.5. The highest BCUT2D eigenvalue weighted by Gasteiger charge is 2.19. The van der Waals surface area contributed by atoms with Gasteiger partial charge in [-0.25, -0.2) is 4.79 Å². The van der Waals surface area contributed by atoms with Crippen LogP contribution in [0.4, 0.5) is 10.5 Å². The summed E-state index contributed by atoms with van der Waals surface area (Å²) in [6.45, 7) is 6.06. The Bertz CT molecular complexity index is 728. The monoisotopic (exact) mass is 370 g/mol. The van der Waals surface area contributed by atoms with Gasteiger partial charge in [0, 0.05) is 18.8 Å². The SMILES string of the molecule is CCN(CC)c1ccc([C@H](CC(=O)O)NC(=O)OCc2ccccc2)cc1. The van der Waals surface area contributed by atoms with Crippen LogP contribution >= 0.6 is 0 Å². The van der Waals surface area contributed by atoms with Gasteiger partial charge in [-0.05, 0) is 37.1 Å². The summed E-state index contributed by atoms with van der Waals surface area (Å²) in [5.41, 5.74) is 2.65. The number of carboxylic acids is 1. The molecule has 0 heterocycles. The lowest BCUT2D eigenvalue weighted by molar-refractivity contribution is -0.137. The van der Waals surface area contributed by atoms with Crippen LogP contribution in [0, 0.1) is 0 Å². The summed E-state index contributed by atoms with van der Waals surface area (Å²) in [5.74, 6) is -0.990. The van der Waals surface area contributed by atoms with E-state index in [1.54, 1.807) is 0 Å². The second kappa shape index (κ2) is 10.2. The van der Waals surface area contributed by atoms with Gasteiger partial charge in [0.1, 0.15) is 6.61 Å². The Labute approximate surface area is 159 Å². The first-order valence-electron chi connectivity index (χ1n) is 9.07. The van der Waals surface area contributed by atoms with Crippen LogP contribution < -0.4 is 10.2 Å². The molecule has 0 unspecified atom stereocenters. The average molecular weight is 370 g/mol. The number of benzene rings is 2. The van der Waals surface area contributed by atoms with Gasteiger partial charge in [-0.2, -0.15) is 0 Å². The third-order valence-electron chi connectivity index (χ3n) is 4.31. The van der Waals surface area contributed by atoms with Crippen molar-refractivity contribution in [2.75, 3.05) is 18.0 Å². The minimum Gasteiger partial charge on any atom is -0.481 e. The molecule has 6 nitrogen and oxygen atoms in total. The highest BCUT2D eigenvalue weighted by molar-refractivity contribution is 5.72. The minimum absolute atomic E-state index is 0.132. The largest absolute Gasteiger partial charge is 0.481 e. The second-order valence-electron chi connectivity index (χ2n) is 6.12. The first-order valence-corrected chi connectivity index (χ1v) is 9.07. The van der Waals surface area contributed by atoms with E-state index < -0.39 is 18.1 Å². The molecular formula is C21H26N2O4. The zero-order chi connectivity index (χ0) is 19.6. The van der Waals surface area contributed by atoms with Crippen molar-refractivity contribution in [2.45, 2.75) is 32.9 Å². The number of nitrogens with one attached hydrogen (secondary N) is 1. The first kappa shape index (κ1) is 20.3. The quantitative estimate of drug-likeness (QED) is 0.698. The van der Waals surface area contributed by atoms with Crippen molar-refractivity contribution in [3.63, 3.8) is 0 Å². The van der Waals surface area contributed by atoms with Gasteiger partial charge in [-0.15, -0.1) is 0 Å². The molecule has 2 N–H and O–H groups in total. The number of anilines is 1. The first-order chi connectivity index (χ1) is 13.0. The maximum atomic E-state index is 12.1. The molecule has 1 amide bonds. The maximum Gasteiger partial charge on any atom is 0.407 e. The number of carbonyl (C=O) groups is 2. The molecule has 0 aliphatic rings. The molecule has 27 heavy (non-hydrogen) atoms. The van der Waals surface area contributed by atoms with E-state index in [0.29, 0.717) is 0 Å². The van der Waals surface area contributed by atoms with Crippen molar-refractivity contribution in [2.24, 2.45) is 0 Å². The summed E-state index contributed by atoms with van der Waals surface area (Å²) in [4.78, 5) is 25.5. The van der Waals surface area contributed by atoms with E-state index in [1.165, 1.54) is 0 Å². The predicted molar refractivity (Wildman–Crippen MR) is 105 cm³/mol. The summed E-state index contributed by atoms with van der Waals surface area (Å²) < 4.78 is 5.21. The third kappa shape index (κ3) is 6.33. The fourth-order valence-corrected chi connectivity index (χ4v) is 2.84. The highest BCUT2D eigenvalue weighted by Crippen LogP contribution is 2.22. The van der Waals surface area contributed by atoms with Gasteiger partial charge in [-0.3, -0.25) is 4.79 Å². The topological polar surface area (TPSA) is 78.9 Å². The molecule has 2 aromatic rings. The Kier molecular flexibility index (Phi) is 7.67. The molecule has 0 radical (unpaired) electrons. The Morgan fingerprint density at radius 3 is 2.22 bits per heavy atom. The molecule has 0 aromatic heterocycles. The van der Waals surface area contributed by atoms with Crippen molar-refractivity contribution >= 4 is 17.7 Å². The summed E-state index contributed by atoms with van der Waals surface area (Å²) in [5, 5.41) is 11.8. The van der Waals surface area contributed by atoms with Crippen molar-refractivity contribution in [1.82, 2.24) is 5.32 Å². The lowest BCUT2D eigenvalue weighted by atomic mass is 10.0. The minimum atomic E-state index is -0.990. The Balaban J connectivity index is 2.03. The molecule has 2 rings (SSSR count). The number of carboxylic acid groups (broad SMARTS) is 1. The number of amides is 1. The number of aliphatic carboxylic acids is 1. The average Bonchev–Trinajstić information content (AvgIpc) is 2.68. The standard InChI is InChI=1S/C21H26N2O4/c1-3-23(4-2)18-12-10-17(11-13-18)19(14-20(24)25)22-21(26)27-15-16-8-6-5-7-9-16/h5-13,19H,3-4,14-15H2,1-2H3,(H,22,26)(H,24,25)/t19-/m0/s1. The molecule has 2 aromatic carbocycles. The lowest BCUT2D eigenvalue weighted by Gasteiger charge is -2.22.